The van der Waals surface area contributed by atoms with Crippen molar-refractivity contribution in [2.24, 2.45) is 5.92 Å². The van der Waals surface area contributed by atoms with Gasteiger partial charge >= 0.3 is 5.97 Å². The fourth-order valence-electron chi connectivity index (χ4n) is 4.99. The highest BCUT2D eigenvalue weighted by Gasteiger charge is 2.56. The molecule has 0 amide bonds. The highest BCUT2D eigenvalue weighted by atomic mass is 19.1. The first-order chi connectivity index (χ1) is 13.4. The Hall–Kier alpha value is -2.29. The number of cyclic esters (lactones) is 1. The molecule has 0 spiro atoms. The monoisotopic (exact) mass is 387 g/mol. The number of ether oxygens (including phenoxy) is 1. The van der Waals surface area contributed by atoms with Crippen molar-refractivity contribution >= 4 is 11.8 Å². The quantitative estimate of drug-likeness (QED) is 0.420. The minimum absolute atomic E-state index is 0.117. The molecule has 1 aromatic rings. The first kappa shape index (κ1) is 19.0. The number of carbonyl (C=O) groups is 2. The fraction of sp³-hybridized carbons (Fsp3) is 0.591. The lowest BCUT2D eigenvalue weighted by atomic mass is 9.76. The molecule has 1 aliphatic heterocycles. The molecular formula is C22H23F2NO3. The number of hydrogen-bond donors (Lipinski definition) is 0. The third-order valence-corrected chi connectivity index (χ3v) is 6.60. The molecule has 4 rings (SSSR count). The molecule has 2 saturated carbocycles. The van der Waals surface area contributed by atoms with Crippen molar-refractivity contribution < 1.29 is 23.1 Å². The van der Waals surface area contributed by atoms with Crippen LogP contribution in [-0.4, -0.2) is 17.4 Å². The van der Waals surface area contributed by atoms with Gasteiger partial charge in [-0.25, -0.2) is 15.4 Å². The molecule has 6 heteroatoms. The largest absolute Gasteiger partial charge is 0.458 e. The molecule has 0 aromatic heterocycles. The van der Waals surface area contributed by atoms with E-state index in [9.17, 15) is 18.4 Å². The maximum Gasteiger partial charge on any atom is 0.313 e. The molecule has 28 heavy (non-hydrogen) atoms. The lowest BCUT2D eigenvalue weighted by Gasteiger charge is -2.41. The second-order valence-corrected chi connectivity index (χ2v) is 8.49. The van der Waals surface area contributed by atoms with Crippen LogP contribution in [0, 0.1) is 24.1 Å². The van der Waals surface area contributed by atoms with Crippen LogP contribution >= 0.6 is 0 Å². The molecule has 1 saturated heterocycles. The van der Waals surface area contributed by atoms with E-state index in [-0.39, 0.29) is 30.1 Å². The molecular weight excluding hydrogens is 364 g/mol. The van der Waals surface area contributed by atoms with E-state index < -0.39 is 28.7 Å². The number of rotatable bonds is 5. The molecule has 1 heterocycles. The third kappa shape index (κ3) is 3.32. The number of carbonyl (C=O) groups excluding carboxylic acids is 2. The van der Waals surface area contributed by atoms with Gasteiger partial charge < -0.3 is 9.58 Å². The molecule has 0 N–H and O–H groups in total. The highest BCUT2D eigenvalue weighted by molar-refractivity contribution is 5.98. The fourth-order valence-corrected chi connectivity index (χ4v) is 4.99. The van der Waals surface area contributed by atoms with Crippen molar-refractivity contribution in [2.45, 2.75) is 75.3 Å². The van der Waals surface area contributed by atoms with Gasteiger partial charge in [-0.05, 0) is 49.3 Å². The van der Waals surface area contributed by atoms with Crippen molar-refractivity contribution in [3.8, 4) is 0 Å². The number of esters is 1. The van der Waals surface area contributed by atoms with E-state index in [1.165, 1.54) is 12.1 Å². The predicted molar refractivity (Wildman–Crippen MR) is 97.2 cm³/mol. The Morgan fingerprint density at radius 3 is 2.32 bits per heavy atom. The van der Waals surface area contributed by atoms with Gasteiger partial charge in [-0.3, -0.25) is 9.59 Å². The van der Waals surface area contributed by atoms with E-state index in [1.807, 2.05) is 0 Å². The van der Waals surface area contributed by atoms with Crippen LogP contribution in [0.4, 0.5) is 8.78 Å². The third-order valence-electron chi connectivity index (χ3n) is 6.60. The van der Waals surface area contributed by atoms with E-state index in [4.69, 9.17) is 11.3 Å². The Morgan fingerprint density at radius 1 is 1.14 bits per heavy atom. The number of benzene rings is 1. The van der Waals surface area contributed by atoms with Gasteiger partial charge in [-0.1, -0.05) is 12.8 Å². The van der Waals surface area contributed by atoms with Crippen LogP contribution in [0.5, 0.6) is 0 Å². The van der Waals surface area contributed by atoms with E-state index in [1.54, 1.807) is 0 Å². The smallest absolute Gasteiger partial charge is 0.313 e. The summed E-state index contributed by atoms with van der Waals surface area (Å²) in [5, 5.41) is 0. The van der Waals surface area contributed by atoms with Gasteiger partial charge in [0, 0.05) is 19.3 Å². The van der Waals surface area contributed by atoms with Crippen molar-refractivity contribution in [3.63, 3.8) is 0 Å². The standard InChI is InChI=1S/C22H23F2NO3/c1-25-21(8-9-21)20-17(23)10-14(11-18(20)24)6-7-22(15-4-2-3-5-15)13-16(26)12-19(27)28-22/h10-11,15H,2-9,12-13H2. The van der Waals surface area contributed by atoms with Gasteiger partial charge in [-0.2, -0.15) is 0 Å². The number of hydrogen-bond acceptors (Lipinski definition) is 3. The van der Waals surface area contributed by atoms with E-state index in [0.29, 0.717) is 31.2 Å². The normalized spacial score (nSPS) is 26.8. The predicted octanol–water partition coefficient (Wildman–Crippen LogP) is 4.64. The van der Waals surface area contributed by atoms with Crippen LogP contribution in [-0.2, 0) is 26.3 Å². The van der Waals surface area contributed by atoms with E-state index in [2.05, 4.69) is 4.85 Å². The number of halogens is 2. The molecule has 148 valence electrons. The zero-order valence-electron chi connectivity index (χ0n) is 15.7. The molecule has 4 nitrogen and oxygen atoms in total. The van der Waals surface area contributed by atoms with E-state index >= 15 is 0 Å². The van der Waals surface area contributed by atoms with Crippen LogP contribution in [0.3, 0.4) is 0 Å². The average molecular weight is 387 g/mol. The zero-order chi connectivity index (χ0) is 19.9. The molecule has 1 aromatic carbocycles. The average Bonchev–Trinajstić information content (AvgIpc) is 3.20. The maximum absolute atomic E-state index is 14.6. The Kier molecular flexibility index (Phi) is 4.73. The Labute approximate surface area is 163 Å². The van der Waals surface area contributed by atoms with Gasteiger partial charge in [-0.15, -0.1) is 0 Å². The van der Waals surface area contributed by atoms with Gasteiger partial charge in [0.15, 0.2) is 0 Å². The lowest BCUT2D eigenvalue weighted by Crippen LogP contribution is -2.48. The van der Waals surface area contributed by atoms with Crippen LogP contribution < -0.4 is 0 Å². The second-order valence-electron chi connectivity index (χ2n) is 8.49. The van der Waals surface area contributed by atoms with Crippen LogP contribution in [0.25, 0.3) is 4.85 Å². The first-order valence-electron chi connectivity index (χ1n) is 9.98. The number of Topliss-reactive ketones (excluding diaryl/α,β-unsaturated/α-hetero) is 1. The topological polar surface area (TPSA) is 47.7 Å². The van der Waals surface area contributed by atoms with Gasteiger partial charge in [0.05, 0.1) is 0 Å². The van der Waals surface area contributed by atoms with Crippen LogP contribution in [0.2, 0.25) is 0 Å². The molecule has 1 atom stereocenters. The van der Waals surface area contributed by atoms with E-state index in [0.717, 1.165) is 25.7 Å². The number of nitrogens with zero attached hydrogens (tertiary/aromatic N) is 1. The zero-order valence-corrected chi connectivity index (χ0v) is 15.7. The minimum Gasteiger partial charge on any atom is -0.458 e. The van der Waals surface area contributed by atoms with Gasteiger partial charge in [0.25, 0.3) is 5.54 Å². The summed E-state index contributed by atoms with van der Waals surface area (Å²) in [7, 11) is 0. The Morgan fingerprint density at radius 2 is 1.79 bits per heavy atom. The van der Waals surface area contributed by atoms with Gasteiger partial charge in [0.2, 0.25) is 0 Å². The maximum atomic E-state index is 14.6. The summed E-state index contributed by atoms with van der Waals surface area (Å²) in [5.41, 5.74) is -1.56. The number of ketones is 1. The molecule has 3 aliphatic rings. The molecule has 3 fully saturated rings. The Bertz CT molecular complexity index is 824. The highest BCUT2D eigenvalue weighted by Crippen LogP contribution is 2.51. The summed E-state index contributed by atoms with van der Waals surface area (Å²) in [5.74, 6) is -1.87. The van der Waals surface area contributed by atoms with Crippen molar-refractivity contribution in [2.75, 3.05) is 0 Å². The number of aryl methyl sites for hydroxylation is 1. The summed E-state index contributed by atoms with van der Waals surface area (Å²) in [6.45, 7) is 7.24. The molecule has 2 aliphatic carbocycles. The van der Waals surface area contributed by atoms with Crippen molar-refractivity contribution in [1.29, 1.82) is 0 Å². The second kappa shape index (κ2) is 6.95. The molecule has 0 bridgehead atoms. The van der Waals surface area contributed by atoms with Gasteiger partial charge in [0.1, 0.15) is 35.0 Å². The summed E-state index contributed by atoms with van der Waals surface area (Å²) >= 11 is 0. The Balaban J connectivity index is 1.57. The summed E-state index contributed by atoms with van der Waals surface area (Å²) in [6.07, 6.45) is 5.52. The summed E-state index contributed by atoms with van der Waals surface area (Å²) in [4.78, 5) is 27.5. The molecule has 0 radical (unpaired) electrons. The van der Waals surface area contributed by atoms with Crippen LogP contribution in [0.1, 0.15) is 68.9 Å². The first-order valence-corrected chi connectivity index (χ1v) is 9.98. The summed E-state index contributed by atoms with van der Waals surface area (Å²) < 4.78 is 34.9. The summed E-state index contributed by atoms with van der Waals surface area (Å²) in [6, 6.07) is 2.58. The van der Waals surface area contributed by atoms with Crippen molar-refractivity contribution in [3.05, 3.63) is 46.3 Å². The van der Waals surface area contributed by atoms with Crippen LogP contribution in [0.15, 0.2) is 12.1 Å². The SMILES string of the molecule is [C-]#[N+]C1(c2c(F)cc(CCC3(C4CCCC4)CC(=O)CC(=O)O3)cc2F)CC1. The van der Waals surface area contributed by atoms with Crippen molar-refractivity contribution in [1.82, 2.24) is 0 Å². The molecule has 1 unspecified atom stereocenters. The lowest BCUT2D eigenvalue weighted by molar-refractivity contribution is -0.178. The minimum atomic E-state index is -1.04.